The van der Waals surface area contributed by atoms with Crippen LogP contribution in [0.4, 0.5) is 5.69 Å². The van der Waals surface area contributed by atoms with E-state index >= 15 is 0 Å². The minimum absolute atomic E-state index is 0.0822. The minimum atomic E-state index is -0.702. The van der Waals surface area contributed by atoms with Crippen molar-refractivity contribution < 1.29 is 9.66 Å². The van der Waals surface area contributed by atoms with Gasteiger partial charge >= 0.3 is 0 Å². The lowest BCUT2D eigenvalue weighted by Crippen LogP contribution is -2.03. The monoisotopic (exact) mass is 268 g/mol. The van der Waals surface area contributed by atoms with Gasteiger partial charge in [-0.1, -0.05) is 30.3 Å². The van der Waals surface area contributed by atoms with Crippen LogP contribution in [0.15, 0.2) is 48.5 Å². The van der Waals surface area contributed by atoms with Gasteiger partial charge in [0.05, 0.1) is 23.7 Å². The Morgan fingerprint density at radius 3 is 2.50 bits per heavy atom. The standard InChI is InChI=1S/C15H12N2O3/c1-20-12-7-8-15(17(18)19)13(9-12)14(10-16)11-5-3-2-4-6-11/h2-9,14H,1H3. The lowest BCUT2D eigenvalue weighted by Gasteiger charge is -2.11. The molecule has 0 spiro atoms. The van der Waals surface area contributed by atoms with Gasteiger partial charge in [0.15, 0.2) is 0 Å². The molecule has 0 N–H and O–H groups in total. The number of ether oxygens (including phenoxy) is 1. The zero-order valence-corrected chi connectivity index (χ0v) is 10.8. The van der Waals surface area contributed by atoms with Crippen molar-refractivity contribution in [3.63, 3.8) is 0 Å². The number of hydrogen-bond donors (Lipinski definition) is 0. The molecule has 0 saturated carbocycles. The van der Waals surface area contributed by atoms with Crippen LogP contribution in [-0.2, 0) is 0 Å². The molecular weight excluding hydrogens is 256 g/mol. The molecule has 100 valence electrons. The first-order valence-electron chi connectivity index (χ1n) is 5.94. The quantitative estimate of drug-likeness (QED) is 0.630. The highest BCUT2D eigenvalue weighted by Gasteiger charge is 2.24. The number of nitro groups is 1. The van der Waals surface area contributed by atoms with Gasteiger partial charge in [-0.3, -0.25) is 10.1 Å². The van der Waals surface area contributed by atoms with E-state index in [9.17, 15) is 15.4 Å². The predicted molar refractivity (Wildman–Crippen MR) is 73.5 cm³/mol. The highest BCUT2D eigenvalue weighted by atomic mass is 16.6. The summed E-state index contributed by atoms with van der Waals surface area (Å²) in [6, 6.07) is 15.5. The minimum Gasteiger partial charge on any atom is -0.497 e. The van der Waals surface area contributed by atoms with E-state index in [-0.39, 0.29) is 5.69 Å². The maximum atomic E-state index is 11.1. The summed E-state index contributed by atoms with van der Waals surface area (Å²) in [4.78, 5) is 10.6. The van der Waals surface area contributed by atoms with Crippen molar-refractivity contribution >= 4 is 5.69 Å². The molecule has 2 aromatic rings. The van der Waals surface area contributed by atoms with E-state index in [0.29, 0.717) is 16.9 Å². The molecule has 2 rings (SSSR count). The zero-order valence-electron chi connectivity index (χ0n) is 10.8. The summed E-state index contributed by atoms with van der Waals surface area (Å²) < 4.78 is 5.09. The molecule has 20 heavy (non-hydrogen) atoms. The van der Waals surface area contributed by atoms with Crippen molar-refractivity contribution in [2.24, 2.45) is 0 Å². The fraction of sp³-hybridized carbons (Fsp3) is 0.133. The number of nitrogens with zero attached hydrogens (tertiary/aromatic N) is 2. The van der Waals surface area contributed by atoms with Crippen LogP contribution in [0.5, 0.6) is 5.75 Å². The van der Waals surface area contributed by atoms with Crippen molar-refractivity contribution in [2.45, 2.75) is 5.92 Å². The first kappa shape index (κ1) is 13.6. The molecule has 2 aromatic carbocycles. The van der Waals surface area contributed by atoms with Gasteiger partial charge in [0, 0.05) is 6.07 Å². The van der Waals surface area contributed by atoms with E-state index < -0.39 is 10.8 Å². The van der Waals surface area contributed by atoms with Gasteiger partial charge in [-0.05, 0) is 17.7 Å². The van der Waals surface area contributed by atoms with Crippen molar-refractivity contribution in [3.8, 4) is 11.8 Å². The average molecular weight is 268 g/mol. The summed E-state index contributed by atoms with van der Waals surface area (Å²) in [6.07, 6.45) is 0. The molecule has 0 radical (unpaired) electrons. The van der Waals surface area contributed by atoms with Crippen LogP contribution in [0.25, 0.3) is 0 Å². The van der Waals surface area contributed by atoms with Crippen LogP contribution in [0.3, 0.4) is 0 Å². The second-order valence-electron chi connectivity index (χ2n) is 4.15. The molecule has 0 aromatic heterocycles. The molecule has 0 bridgehead atoms. The molecule has 0 saturated heterocycles. The van der Waals surface area contributed by atoms with Gasteiger partial charge in [-0.2, -0.15) is 5.26 Å². The summed E-state index contributed by atoms with van der Waals surface area (Å²) in [5.74, 6) is -0.214. The molecule has 0 aliphatic rings. The number of methoxy groups -OCH3 is 1. The van der Waals surface area contributed by atoms with Gasteiger partial charge in [-0.15, -0.1) is 0 Å². The van der Waals surface area contributed by atoms with Gasteiger partial charge in [-0.25, -0.2) is 0 Å². The molecule has 0 aliphatic heterocycles. The summed E-state index contributed by atoms with van der Waals surface area (Å²) in [7, 11) is 1.48. The number of rotatable bonds is 4. The number of hydrogen-bond acceptors (Lipinski definition) is 4. The van der Waals surface area contributed by atoms with E-state index in [1.807, 2.05) is 6.07 Å². The number of nitriles is 1. The maximum absolute atomic E-state index is 11.1. The van der Waals surface area contributed by atoms with Gasteiger partial charge in [0.25, 0.3) is 5.69 Å². The summed E-state index contributed by atoms with van der Waals surface area (Å²) in [6.45, 7) is 0. The molecule has 1 unspecified atom stereocenters. The fourth-order valence-corrected chi connectivity index (χ4v) is 2.03. The molecule has 1 atom stereocenters. The van der Waals surface area contributed by atoms with E-state index in [1.165, 1.54) is 19.2 Å². The molecule has 5 heteroatoms. The highest BCUT2D eigenvalue weighted by Crippen LogP contribution is 2.34. The second kappa shape index (κ2) is 5.85. The van der Waals surface area contributed by atoms with Crippen LogP contribution in [0.2, 0.25) is 0 Å². The normalized spacial score (nSPS) is 11.4. The van der Waals surface area contributed by atoms with Crippen molar-refractivity contribution in [1.29, 1.82) is 5.26 Å². The molecule has 0 aliphatic carbocycles. The van der Waals surface area contributed by atoms with Gasteiger partial charge < -0.3 is 4.74 Å². The fourth-order valence-electron chi connectivity index (χ4n) is 2.03. The first-order valence-corrected chi connectivity index (χ1v) is 5.94. The lowest BCUT2D eigenvalue weighted by atomic mass is 9.91. The Balaban J connectivity index is 2.59. The zero-order chi connectivity index (χ0) is 14.5. The molecule has 0 fully saturated rings. The van der Waals surface area contributed by atoms with Gasteiger partial charge in [0.1, 0.15) is 11.7 Å². The third-order valence-electron chi connectivity index (χ3n) is 3.00. The Labute approximate surface area is 116 Å². The topological polar surface area (TPSA) is 76.2 Å². The first-order chi connectivity index (χ1) is 9.67. The van der Waals surface area contributed by atoms with E-state index in [1.54, 1.807) is 30.3 Å². The Morgan fingerprint density at radius 2 is 1.95 bits per heavy atom. The van der Waals surface area contributed by atoms with Crippen LogP contribution < -0.4 is 4.74 Å². The Bertz CT molecular complexity index is 663. The summed E-state index contributed by atoms with van der Waals surface area (Å²) >= 11 is 0. The van der Waals surface area contributed by atoms with Crippen molar-refractivity contribution in [1.82, 2.24) is 0 Å². The predicted octanol–water partition coefficient (Wildman–Crippen LogP) is 3.26. The number of nitro benzene ring substituents is 1. The van der Waals surface area contributed by atoms with Crippen molar-refractivity contribution in [2.75, 3.05) is 7.11 Å². The Kier molecular flexibility index (Phi) is 3.96. The van der Waals surface area contributed by atoms with Crippen LogP contribution in [-0.4, -0.2) is 12.0 Å². The molecular formula is C15H12N2O3. The SMILES string of the molecule is COc1ccc([N+](=O)[O-])c(C(C#N)c2ccccc2)c1. The third kappa shape index (κ3) is 2.59. The molecule has 0 amide bonds. The van der Waals surface area contributed by atoms with Crippen molar-refractivity contribution in [3.05, 3.63) is 69.8 Å². The molecule has 5 nitrogen and oxygen atoms in total. The molecule has 0 heterocycles. The van der Waals surface area contributed by atoms with E-state index in [2.05, 4.69) is 6.07 Å². The summed E-state index contributed by atoms with van der Waals surface area (Å²) in [5, 5.41) is 20.5. The Hall–Kier alpha value is -2.87. The second-order valence-corrected chi connectivity index (χ2v) is 4.15. The maximum Gasteiger partial charge on any atom is 0.274 e. The van der Waals surface area contributed by atoms with Gasteiger partial charge in [0.2, 0.25) is 0 Å². The number of benzene rings is 2. The average Bonchev–Trinajstić information content (AvgIpc) is 2.48. The van der Waals surface area contributed by atoms with Crippen LogP contribution in [0.1, 0.15) is 17.0 Å². The third-order valence-corrected chi connectivity index (χ3v) is 3.00. The van der Waals surface area contributed by atoms with E-state index in [4.69, 9.17) is 4.74 Å². The van der Waals surface area contributed by atoms with E-state index in [0.717, 1.165) is 0 Å². The highest BCUT2D eigenvalue weighted by molar-refractivity contribution is 5.53. The smallest absolute Gasteiger partial charge is 0.274 e. The largest absolute Gasteiger partial charge is 0.497 e. The Morgan fingerprint density at radius 1 is 1.25 bits per heavy atom. The lowest BCUT2D eigenvalue weighted by molar-refractivity contribution is -0.385. The van der Waals surface area contributed by atoms with Crippen LogP contribution >= 0.6 is 0 Å². The summed E-state index contributed by atoms with van der Waals surface area (Å²) in [5.41, 5.74) is 0.968. The van der Waals surface area contributed by atoms with Crippen LogP contribution in [0, 0.1) is 21.4 Å².